The molecule has 0 amide bonds. The van der Waals surface area contributed by atoms with Crippen LogP contribution in [0.4, 0.5) is 0 Å². The van der Waals surface area contributed by atoms with Crippen LogP contribution in [-0.4, -0.2) is 4.98 Å². The highest BCUT2D eigenvalue weighted by Gasteiger charge is 2.09. The van der Waals surface area contributed by atoms with E-state index in [0.29, 0.717) is 6.61 Å². The van der Waals surface area contributed by atoms with Gasteiger partial charge in [0.25, 0.3) is 0 Å². The zero-order valence-corrected chi connectivity index (χ0v) is 13.2. The first kappa shape index (κ1) is 14.5. The zero-order valence-electron chi connectivity index (χ0n) is 13.2. The Balaban J connectivity index is 1.73. The van der Waals surface area contributed by atoms with Gasteiger partial charge in [0, 0.05) is 11.6 Å². The van der Waals surface area contributed by atoms with Crippen molar-refractivity contribution in [3.8, 4) is 16.9 Å². The van der Waals surface area contributed by atoms with Gasteiger partial charge >= 0.3 is 0 Å². The second-order valence-electron chi connectivity index (χ2n) is 5.65. The van der Waals surface area contributed by atoms with E-state index in [-0.39, 0.29) is 0 Å². The van der Waals surface area contributed by atoms with Crippen LogP contribution in [0.1, 0.15) is 5.56 Å². The van der Waals surface area contributed by atoms with E-state index in [0.717, 1.165) is 22.2 Å². The van der Waals surface area contributed by atoms with Crippen molar-refractivity contribution < 1.29 is 4.74 Å². The molecule has 0 aliphatic heterocycles. The lowest BCUT2D eigenvalue weighted by molar-refractivity contribution is 0.309. The Bertz CT molecular complexity index is 949. The maximum Gasteiger partial charge on any atom is 0.146 e. The van der Waals surface area contributed by atoms with Gasteiger partial charge in [-0.05, 0) is 34.9 Å². The van der Waals surface area contributed by atoms with Crippen molar-refractivity contribution in [1.29, 1.82) is 0 Å². The van der Waals surface area contributed by atoms with Crippen LogP contribution in [0.2, 0.25) is 0 Å². The van der Waals surface area contributed by atoms with E-state index < -0.39 is 0 Å². The highest BCUT2D eigenvalue weighted by atomic mass is 16.5. The van der Waals surface area contributed by atoms with Crippen LogP contribution in [0, 0.1) is 0 Å². The Morgan fingerprint density at radius 3 is 2.25 bits per heavy atom. The van der Waals surface area contributed by atoms with Crippen molar-refractivity contribution in [3.63, 3.8) is 0 Å². The molecule has 0 N–H and O–H groups in total. The van der Waals surface area contributed by atoms with Gasteiger partial charge < -0.3 is 4.74 Å². The number of pyridine rings is 1. The molecular weight excluding hydrogens is 294 g/mol. The Morgan fingerprint density at radius 2 is 1.46 bits per heavy atom. The van der Waals surface area contributed by atoms with Crippen molar-refractivity contribution in [2.45, 2.75) is 6.61 Å². The minimum atomic E-state index is 0.539. The van der Waals surface area contributed by atoms with Crippen LogP contribution in [0.5, 0.6) is 5.75 Å². The molecule has 116 valence electrons. The molecule has 3 aromatic carbocycles. The summed E-state index contributed by atoms with van der Waals surface area (Å²) in [7, 11) is 0. The number of ether oxygens (including phenoxy) is 1. The normalized spacial score (nSPS) is 10.7. The van der Waals surface area contributed by atoms with Crippen molar-refractivity contribution in [3.05, 3.63) is 96.7 Å². The SMILES string of the molecule is c1ccc(COc2ccc(-c3ccccc3)c3cccnc23)cc1. The van der Waals surface area contributed by atoms with E-state index >= 15 is 0 Å². The lowest BCUT2D eigenvalue weighted by atomic mass is 10.0. The molecule has 0 bridgehead atoms. The van der Waals surface area contributed by atoms with Crippen molar-refractivity contribution in [1.82, 2.24) is 4.98 Å². The molecule has 0 saturated heterocycles. The predicted octanol–water partition coefficient (Wildman–Crippen LogP) is 5.48. The van der Waals surface area contributed by atoms with Crippen molar-refractivity contribution >= 4 is 10.9 Å². The van der Waals surface area contributed by atoms with Crippen molar-refractivity contribution in [2.24, 2.45) is 0 Å². The Hall–Kier alpha value is -3.13. The number of rotatable bonds is 4. The third kappa shape index (κ3) is 2.86. The van der Waals surface area contributed by atoms with E-state index in [1.807, 2.05) is 42.6 Å². The molecule has 0 radical (unpaired) electrons. The molecule has 4 rings (SSSR count). The summed E-state index contributed by atoms with van der Waals surface area (Å²) < 4.78 is 6.03. The Kier molecular flexibility index (Phi) is 3.95. The van der Waals surface area contributed by atoms with Crippen LogP contribution < -0.4 is 4.74 Å². The summed E-state index contributed by atoms with van der Waals surface area (Å²) in [6.07, 6.45) is 1.81. The molecule has 0 fully saturated rings. The summed E-state index contributed by atoms with van der Waals surface area (Å²) >= 11 is 0. The first-order valence-corrected chi connectivity index (χ1v) is 8.02. The minimum Gasteiger partial charge on any atom is -0.487 e. The smallest absolute Gasteiger partial charge is 0.146 e. The third-order valence-electron chi connectivity index (χ3n) is 4.05. The molecule has 4 aromatic rings. The van der Waals surface area contributed by atoms with Gasteiger partial charge in [-0.2, -0.15) is 0 Å². The van der Waals surface area contributed by atoms with Crippen molar-refractivity contribution in [2.75, 3.05) is 0 Å². The third-order valence-corrected chi connectivity index (χ3v) is 4.05. The first-order chi connectivity index (χ1) is 11.9. The fourth-order valence-corrected chi connectivity index (χ4v) is 2.87. The molecule has 24 heavy (non-hydrogen) atoms. The summed E-state index contributed by atoms with van der Waals surface area (Å²) in [4.78, 5) is 4.55. The van der Waals surface area contributed by atoms with Crippen LogP contribution >= 0.6 is 0 Å². The molecule has 2 heteroatoms. The van der Waals surface area contributed by atoms with Gasteiger partial charge in [-0.3, -0.25) is 4.98 Å². The zero-order chi connectivity index (χ0) is 16.2. The number of fused-ring (bicyclic) bond motifs is 1. The minimum absolute atomic E-state index is 0.539. The van der Waals surface area contributed by atoms with Gasteiger partial charge in [-0.25, -0.2) is 0 Å². The van der Waals surface area contributed by atoms with Gasteiger partial charge in [-0.15, -0.1) is 0 Å². The highest BCUT2D eigenvalue weighted by molar-refractivity contribution is 5.97. The second kappa shape index (κ2) is 6.55. The number of hydrogen-bond donors (Lipinski definition) is 0. The fraction of sp³-hybridized carbons (Fsp3) is 0.0455. The molecule has 0 unspecified atom stereocenters. The summed E-state index contributed by atoms with van der Waals surface area (Å²) in [6.45, 7) is 0.539. The molecule has 1 heterocycles. The van der Waals surface area contributed by atoms with Crippen LogP contribution in [0.15, 0.2) is 91.1 Å². The average molecular weight is 311 g/mol. The van der Waals surface area contributed by atoms with E-state index in [9.17, 15) is 0 Å². The largest absolute Gasteiger partial charge is 0.487 e. The van der Waals surface area contributed by atoms with Crippen LogP contribution in [0.3, 0.4) is 0 Å². The number of aromatic nitrogens is 1. The predicted molar refractivity (Wildman–Crippen MR) is 98.0 cm³/mol. The van der Waals surface area contributed by atoms with E-state index in [2.05, 4.69) is 53.5 Å². The number of nitrogens with zero attached hydrogens (tertiary/aromatic N) is 1. The monoisotopic (exact) mass is 311 g/mol. The Labute approximate surface area is 141 Å². The molecule has 0 saturated carbocycles. The summed E-state index contributed by atoms with van der Waals surface area (Å²) in [5, 5.41) is 1.11. The quantitative estimate of drug-likeness (QED) is 0.498. The van der Waals surface area contributed by atoms with Crippen LogP contribution in [-0.2, 0) is 6.61 Å². The number of benzene rings is 3. The fourth-order valence-electron chi connectivity index (χ4n) is 2.87. The maximum absolute atomic E-state index is 6.03. The molecule has 0 aliphatic carbocycles. The summed E-state index contributed by atoms with van der Waals surface area (Å²) in [5.74, 6) is 0.814. The molecule has 1 aromatic heterocycles. The maximum atomic E-state index is 6.03. The molecule has 0 aliphatic rings. The first-order valence-electron chi connectivity index (χ1n) is 8.02. The van der Waals surface area contributed by atoms with Gasteiger partial charge in [-0.1, -0.05) is 66.7 Å². The molecule has 0 atom stereocenters. The van der Waals surface area contributed by atoms with Gasteiger partial charge in [0.05, 0.1) is 0 Å². The van der Waals surface area contributed by atoms with E-state index in [4.69, 9.17) is 4.74 Å². The average Bonchev–Trinajstić information content (AvgIpc) is 2.67. The topological polar surface area (TPSA) is 22.1 Å². The van der Waals surface area contributed by atoms with E-state index in [1.54, 1.807) is 0 Å². The molecular formula is C22H17NO. The lowest BCUT2D eigenvalue weighted by Crippen LogP contribution is -1.97. The molecule has 2 nitrogen and oxygen atoms in total. The van der Waals surface area contributed by atoms with E-state index in [1.165, 1.54) is 11.1 Å². The van der Waals surface area contributed by atoms with Gasteiger partial charge in [0.1, 0.15) is 17.9 Å². The summed E-state index contributed by atoms with van der Waals surface area (Å²) in [6, 6.07) is 28.7. The van der Waals surface area contributed by atoms with Gasteiger partial charge in [0.2, 0.25) is 0 Å². The molecule has 0 spiro atoms. The standard InChI is InChI=1S/C22H17NO/c1-3-8-17(9-4-1)16-24-21-14-13-19(18-10-5-2-6-11-18)20-12-7-15-23-22(20)21/h1-15H,16H2. The van der Waals surface area contributed by atoms with Crippen LogP contribution in [0.25, 0.3) is 22.0 Å². The lowest BCUT2D eigenvalue weighted by Gasteiger charge is -2.12. The Morgan fingerprint density at radius 1 is 0.708 bits per heavy atom. The summed E-state index contributed by atoms with van der Waals surface area (Å²) in [5.41, 5.74) is 4.40. The number of hydrogen-bond acceptors (Lipinski definition) is 2. The second-order valence-corrected chi connectivity index (χ2v) is 5.65. The highest BCUT2D eigenvalue weighted by Crippen LogP contribution is 2.33. The van der Waals surface area contributed by atoms with Gasteiger partial charge in [0.15, 0.2) is 0 Å².